The fourth-order valence-corrected chi connectivity index (χ4v) is 3.63. The van der Waals surface area contributed by atoms with E-state index in [1.807, 2.05) is 39.0 Å². The van der Waals surface area contributed by atoms with Crippen LogP contribution in [-0.2, 0) is 22.6 Å². The van der Waals surface area contributed by atoms with Crippen molar-refractivity contribution >= 4 is 11.8 Å². The molecule has 3 N–H and O–H groups in total. The van der Waals surface area contributed by atoms with Crippen molar-refractivity contribution in [2.24, 2.45) is 5.92 Å². The molecule has 0 saturated carbocycles. The zero-order valence-corrected chi connectivity index (χ0v) is 16.9. The molecule has 154 valence electrons. The molecule has 2 heterocycles. The molecule has 1 aliphatic heterocycles. The maximum Gasteiger partial charge on any atom is 0.246 e. The van der Waals surface area contributed by atoms with E-state index in [1.54, 1.807) is 11.0 Å². The molecule has 0 radical (unpaired) electrons. The van der Waals surface area contributed by atoms with E-state index >= 15 is 0 Å². The van der Waals surface area contributed by atoms with Gasteiger partial charge in [0.25, 0.3) is 0 Å². The Labute approximate surface area is 170 Å². The Morgan fingerprint density at radius 2 is 1.90 bits per heavy atom. The van der Waals surface area contributed by atoms with Crippen molar-refractivity contribution < 1.29 is 19.8 Å². The Morgan fingerprint density at radius 1 is 1.14 bits per heavy atom. The molecule has 1 fully saturated rings. The lowest BCUT2D eigenvalue weighted by molar-refractivity contribution is -0.150. The molecule has 0 bridgehead atoms. The zero-order valence-electron chi connectivity index (χ0n) is 16.9. The van der Waals surface area contributed by atoms with Crippen LogP contribution in [-0.4, -0.2) is 44.0 Å². The number of amides is 2. The van der Waals surface area contributed by atoms with Crippen LogP contribution in [0.2, 0.25) is 0 Å². The molecule has 2 unspecified atom stereocenters. The first kappa shape index (κ1) is 20.6. The molecule has 2 amide bonds. The van der Waals surface area contributed by atoms with E-state index in [2.05, 4.69) is 10.3 Å². The number of aromatic nitrogens is 1. The van der Waals surface area contributed by atoms with Crippen LogP contribution in [0.25, 0.3) is 0 Å². The van der Waals surface area contributed by atoms with E-state index in [9.17, 15) is 19.8 Å². The highest BCUT2D eigenvalue weighted by molar-refractivity contribution is 5.97. The molecule has 2 aromatic rings. The van der Waals surface area contributed by atoms with Crippen LogP contribution in [0.5, 0.6) is 11.5 Å². The molecule has 1 aromatic heterocycles. The van der Waals surface area contributed by atoms with Gasteiger partial charge in [0, 0.05) is 12.1 Å². The van der Waals surface area contributed by atoms with E-state index < -0.39 is 12.1 Å². The number of nitrogens with zero attached hydrogens (tertiary/aromatic N) is 2. The highest BCUT2D eigenvalue weighted by atomic mass is 16.3. The van der Waals surface area contributed by atoms with Crippen molar-refractivity contribution in [1.29, 1.82) is 0 Å². The Morgan fingerprint density at radius 3 is 2.55 bits per heavy atom. The van der Waals surface area contributed by atoms with Gasteiger partial charge in [0.15, 0.2) is 11.5 Å². The standard InChI is InChI=1S/C22H27N3O4/c1-13(2)9-17-22(29)25(12-16-6-4-5-14(3)23-16)18(21(28)24-17)10-15-7-8-19(26)20(27)11-15/h4-8,11,13,17-18,26-27H,9-10,12H2,1-3H3,(H,24,28). The Hall–Kier alpha value is -3.09. The minimum Gasteiger partial charge on any atom is -0.504 e. The van der Waals surface area contributed by atoms with Gasteiger partial charge in [-0.2, -0.15) is 0 Å². The number of phenolic OH excluding ortho intramolecular Hbond substituents is 2. The molecule has 29 heavy (non-hydrogen) atoms. The first-order chi connectivity index (χ1) is 13.7. The van der Waals surface area contributed by atoms with Crippen molar-refractivity contribution in [1.82, 2.24) is 15.2 Å². The number of carbonyl (C=O) groups excluding carboxylic acids is 2. The Balaban J connectivity index is 1.90. The number of benzene rings is 1. The molecule has 1 aliphatic rings. The molecular weight excluding hydrogens is 370 g/mol. The third kappa shape index (κ3) is 4.85. The van der Waals surface area contributed by atoms with E-state index in [-0.39, 0.29) is 42.2 Å². The number of piperazine rings is 1. The Kier molecular flexibility index (Phi) is 6.06. The number of aryl methyl sites for hydroxylation is 1. The lowest BCUT2D eigenvalue weighted by Gasteiger charge is -2.39. The van der Waals surface area contributed by atoms with Crippen molar-refractivity contribution in [3.8, 4) is 11.5 Å². The van der Waals surface area contributed by atoms with Crippen LogP contribution in [0.15, 0.2) is 36.4 Å². The largest absolute Gasteiger partial charge is 0.504 e. The number of rotatable bonds is 6. The molecule has 1 aromatic carbocycles. The second-order valence-corrected chi connectivity index (χ2v) is 7.97. The molecular formula is C22H27N3O4. The van der Waals surface area contributed by atoms with Gasteiger partial charge < -0.3 is 20.4 Å². The van der Waals surface area contributed by atoms with Gasteiger partial charge in [-0.05, 0) is 49.1 Å². The summed E-state index contributed by atoms with van der Waals surface area (Å²) < 4.78 is 0. The monoisotopic (exact) mass is 397 g/mol. The molecule has 0 aliphatic carbocycles. The average Bonchev–Trinajstić information content (AvgIpc) is 2.65. The number of hydrogen-bond acceptors (Lipinski definition) is 5. The minimum atomic E-state index is -0.725. The summed E-state index contributed by atoms with van der Waals surface area (Å²) in [5, 5.41) is 22.2. The van der Waals surface area contributed by atoms with Gasteiger partial charge in [-0.15, -0.1) is 0 Å². The maximum absolute atomic E-state index is 13.2. The van der Waals surface area contributed by atoms with Crippen LogP contribution in [0, 0.1) is 12.8 Å². The molecule has 7 nitrogen and oxygen atoms in total. The minimum absolute atomic E-state index is 0.130. The van der Waals surface area contributed by atoms with Crippen LogP contribution in [0.4, 0.5) is 0 Å². The van der Waals surface area contributed by atoms with Crippen LogP contribution >= 0.6 is 0 Å². The summed E-state index contributed by atoms with van der Waals surface area (Å²) in [6.45, 7) is 6.14. The number of aromatic hydroxyl groups is 2. The number of phenols is 2. The van der Waals surface area contributed by atoms with Gasteiger partial charge in [0.05, 0.1) is 12.2 Å². The van der Waals surface area contributed by atoms with E-state index in [0.29, 0.717) is 12.0 Å². The summed E-state index contributed by atoms with van der Waals surface area (Å²) in [5.41, 5.74) is 2.21. The summed E-state index contributed by atoms with van der Waals surface area (Å²) in [6.07, 6.45) is 0.792. The summed E-state index contributed by atoms with van der Waals surface area (Å²) in [6, 6.07) is 8.74. The lowest BCUT2D eigenvalue weighted by Crippen LogP contribution is -2.63. The smallest absolute Gasteiger partial charge is 0.246 e. The summed E-state index contributed by atoms with van der Waals surface area (Å²) >= 11 is 0. The lowest BCUT2D eigenvalue weighted by atomic mass is 9.95. The number of carbonyl (C=O) groups is 2. The quantitative estimate of drug-likeness (QED) is 0.649. The van der Waals surface area contributed by atoms with Crippen molar-refractivity contribution in [2.45, 2.75) is 52.2 Å². The first-order valence-electron chi connectivity index (χ1n) is 9.79. The van der Waals surface area contributed by atoms with Crippen LogP contribution in [0.1, 0.15) is 37.2 Å². The highest BCUT2D eigenvalue weighted by Gasteiger charge is 2.40. The first-order valence-corrected chi connectivity index (χ1v) is 9.79. The summed E-state index contributed by atoms with van der Waals surface area (Å²) in [5.74, 6) is -0.579. The van der Waals surface area contributed by atoms with E-state index in [0.717, 1.165) is 11.4 Å². The van der Waals surface area contributed by atoms with Gasteiger partial charge >= 0.3 is 0 Å². The van der Waals surface area contributed by atoms with Crippen LogP contribution < -0.4 is 5.32 Å². The van der Waals surface area contributed by atoms with Gasteiger partial charge in [0.1, 0.15) is 12.1 Å². The predicted molar refractivity (Wildman–Crippen MR) is 108 cm³/mol. The molecule has 2 atom stereocenters. The van der Waals surface area contributed by atoms with Gasteiger partial charge in [-0.1, -0.05) is 26.0 Å². The number of pyridine rings is 1. The van der Waals surface area contributed by atoms with Gasteiger partial charge in [-0.3, -0.25) is 14.6 Å². The van der Waals surface area contributed by atoms with Crippen LogP contribution in [0.3, 0.4) is 0 Å². The van der Waals surface area contributed by atoms with Crippen molar-refractivity contribution in [3.05, 3.63) is 53.3 Å². The zero-order chi connectivity index (χ0) is 21.1. The van der Waals surface area contributed by atoms with Gasteiger partial charge in [0.2, 0.25) is 11.8 Å². The predicted octanol–water partition coefficient (Wildman–Crippen LogP) is 2.29. The normalized spacial score (nSPS) is 19.5. The van der Waals surface area contributed by atoms with Crippen molar-refractivity contribution in [2.75, 3.05) is 0 Å². The third-order valence-corrected chi connectivity index (χ3v) is 5.03. The Bertz CT molecular complexity index is 913. The molecule has 7 heteroatoms. The number of hydrogen-bond donors (Lipinski definition) is 3. The topological polar surface area (TPSA) is 103 Å². The fourth-order valence-electron chi connectivity index (χ4n) is 3.63. The molecule has 1 saturated heterocycles. The maximum atomic E-state index is 13.2. The highest BCUT2D eigenvalue weighted by Crippen LogP contribution is 2.27. The number of nitrogens with one attached hydrogen (secondary N) is 1. The average molecular weight is 397 g/mol. The molecule has 3 rings (SSSR count). The SMILES string of the molecule is Cc1cccc(CN2C(=O)C(CC(C)C)NC(=O)C2Cc2ccc(O)c(O)c2)n1. The van der Waals surface area contributed by atoms with Gasteiger partial charge in [-0.25, -0.2) is 0 Å². The third-order valence-electron chi connectivity index (χ3n) is 5.03. The summed E-state index contributed by atoms with van der Waals surface area (Å²) in [4.78, 5) is 32.2. The second kappa shape index (κ2) is 8.51. The van der Waals surface area contributed by atoms with E-state index in [4.69, 9.17) is 0 Å². The van der Waals surface area contributed by atoms with Crippen molar-refractivity contribution in [3.63, 3.8) is 0 Å². The molecule has 0 spiro atoms. The second-order valence-electron chi connectivity index (χ2n) is 7.97. The fraction of sp³-hybridized carbons (Fsp3) is 0.409. The summed E-state index contributed by atoms with van der Waals surface area (Å²) in [7, 11) is 0. The van der Waals surface area contributed by atoms with E-state index in [1.165, 1.54) is 12.1 Å².